The number of nitrogens with zero attached hydrogens (tertiary/aromatic N) is 1. The summed E-state index contributed by atoms with van der Waals surface area (Å²) in [4.78, 5) is 14.2. The van der Waals surface area contributed by atoms with Crippen molar-refractivity contribution in [2.24, 2.45) is 0 Å². The van der Waals surface area contributed by atoms with Gasteiger partial charge in [-0.15, -0.1) is 0 Å². The molecule has 1 saturated heterocycles. The summed E-state index contributed by atoms with van der Waals surface area (Å²) in [5.41, 5.74) is 2.61. The van der Waals surface area contributed by atoms with E-state index in [-0.39, 0.29) is 12.0 Å². The Morgan fingerprint density at radius 2 is 2.19 bits per heavy atom. The smallest absolute Gasteiger partial charge is 0.225 e. The minimum absolute atomic E-state index is 0.0331. The molecule has 1 amide bonds. The van der Waals surface area contributed by atoms with Gasteiger partial charge in [0.2, 0.25) is 5.91 Å². The van der Waals surface area contributed by atoms with E-state index in [1.807, 2.05) is 11.0 Å². The van der Waals surface area contributed by atoms with Crippen LogP contribution >= 0.6 is 0 Å². The largest absolute Gasteiger partial charge is 0.375 e. The molecule has 1 aromatic rings. The highest BCUT2D eigenvalue weighted by atomic mass is 16.5. The molecule has 0 unspecified atom stereocenters. The van der Waals surface area contributed by atoms with Gasteiger partial charge in [-0.25, -0.2) is 0 Å². The Labute approximate surface area is 125 Å². The van der Waals surface area contributed by atoms with Crippen LogP contribution in [0.3, 0.4) is 0 Å². The lowest BCUT2D eigenvalue weighted by Gasteiger charge is -2.29. The molecule has 1 aromatic carbocycles. The zero-order valence-corrected chi connectivity index (χ0v) is 12.3. The highest BCUT2D eigenvalue weighted by molar-refractivity contribution is 5.78. The van der Waals surface area contributed by atoms with E-state index in [4.69, 9.17) is 4.74 Å². The number of carbonyl (C=O) groups excluding carboxylic acids is 1. The number of hydrogen-bond donors (Lipinski definition) is 1. The van der Waals surface area contributed by atoms with Crippen molar-refractivity contribution in [3.8, 4) is 0 Å². The average molecular weight is 286 g/mol. The van der Waals surface area contributed by atoms with Crippen molar-refractivity contribution in [2.75, 3.05) is 32.8 Å². The van der Waals surface area contributed by atoms with Crippen molar-refractivity contribution in [1.29, 1.82) is 0 Å². The van der Waals surface area contributed by atoms with E-state index in [2.05, 4.69) is 35.7 Å². The van der Waals surface area contributed by atoms with Crippen molar-refractivity contribution < 1.29 is 9.53 Å². The molecule has 3 rings (SSSR count). The predicted molar refractivity (Wildman–Crippen MR) is 82.8 cm³/mol. The van der Waals surface area contributed by atoms with Crippen molar-refractivity contribution >= 4 is 11.5 Å². The lowest BCUT2D eigenvalue weighted by atomic mass is 9.99. The number of ether oxygens (including phenoxy) is 1. The van der Waals surface area contributed by atoms with E-state index >= 15 is 0 Å². The van der Waals surface area contributed by atoms with Gasteiger partial charge >= 0.3 is 0 Å². The van der Waals surface area contributed by atoms with Crippen LogP contribution in [0, 0.1) is 0 Å². The Morgan fingerprint density at radius 1 is 1.33 bits per heavy atom. The Balaban J connectivity index is 1.55. The lowest BCUT2D eigenvalue weighted by molar-refractivity contribution is -0.134. The Bertz CT molecular complexity index is 507. The molecule has 4 nitrogen and oxygen atoms in total. The normalized spacial score (nSPS) is 22.8. The number of hydrogen-bond acceptors (Lipinski definition) is 3. The second-order valence-corrected chi connectivity index (χ2v) is 5.59. The molecule has 2 aliphatic heterocycles. The van der Waals surface area contributed by atoms with Crippen LogP contribution in [0.5, 0.6) is 0 Å². The van der Waals surface area contributed by atoms with Crippen LogP contribution in [0.2, 0.25) is 0 Å². The maximum atomic E-state index is 12.3. The Hall–Kier alpha value is -1.65. The van der Waals surface area contributed by atoms with Crippen LogP contribution in [0.4, 0.5) is 0 Å². The number of carbonyl (C=O) groups is 1. The quantitative estimate of drug-likeness (QED) is 0.919. The molecule has 2 aliphatic rings. The molecular weight excluding hydrogens is 264 g/mol. The fraction of sp³-hybridized carbons (Fsp3) is 0.471. The standard InChI is InChI=1S/C17H22N2O2/c20-17(12-16-13-18-8-11-21-16)19-9-6-15(7-10-19)14-4-2-1-3-5-14/h1-6,16,18H,7-13H2/t16-/m1/s1. The summed E-state index contributed by atoms with van der Waals surface area (Å²) in [7, 11) is 0. The summed E-state index contributed by atoms with van der Waals surface area (Å²) in [5.74, 6) is 0.201. The summed E-state index contributed by atoms with van der Waals surface area (Å²) < 4.78 is 5.60. The first-order chi connectivity index (χ1) is 10.3. The maximum Gasteiger partial charge on any atom is 0.225 e. The fourth-order valence-corrected chi connectivity index (χ4v) is 2.88. The minimum Gasteiger partial charge on any atom is -0.375 e. The minimum atomic E-state index is 0.0331. The molecule has 1 atom stereocenters. The molecule has 0 saturated carbocycles. The first kappa shape index (κ1) is 14.3. The third-order valence-electron chi connectivity index (χ3n) is 4.11. The van der Waals surface area contributed by atoms with Gasteiger partial charge in [-0.05, 0) is 17.6 Å². The molecule has 1 fully saturated rings. The number of amides is 1. The monoisotopic (exact) mass is 286 g/mol. The number of rotatable bonds is 3. The van der Waals surface area contributed by atoms with Gasteiger partial charge in [-0.3, -0.25) is 4.79 Å². The highest BCUT2D eigenvalue weighted by Gasteiger charge is 2.23. The predicted octanol–water partition coefficient (Wildman–Crippen LogP) is 1.68. The Morgan fingerprint density at radius 3 is 2.86 bits per heavy atom. The molecule has 0 radical (unpaired) electrons. The second kappa shape index (κ2) is 6.87. The van der Waals surface area contributed by atoms with Crippen LogP contribution in [-0.2, 0) is 9.53 Å². The van der Waals surface area contributed by atoms with Crippen molar-refractivity contribution in [3.05, 3.63) is 42.0 Å². The first-order valence-corrected chi connectivity index (χ1v) is 7.67. The average Bonchev–Trinajstić information content (AvgIpc) is 2.57. The third-order valence-corrected chi connectivity index (χ3v) is 4.11. The summed E-state index contributed by atoms with van der Waals surface area (Å²) >= 11 is 0. The van der Waals surface area contributed by atoms with Crippen LogP contribution < -0.4 is 5.32 Å². The van der Waals surface area contributed by atoms with Crippen LogP contribution in [0.25, 0.3) is 5.57 Å². The molecule has 112 valence electrons. The maximum absolute atomic E-state index is 12.3. The summed E-state index contributed by atoms with van der Waals surface area (Å²) in [6.45, 7) is 3.89. The summed E-state index contributed by atoms with van der Waals surface area (Å²) in [5, 5.41) is 3.26. The van der Waals surface area contributed by atoms with E-state index in [0.717, 1.165) is 26.1 Å². The van der Waals surface area contributed by atoms with E-state index < -0.39 is 0 Å². The lowest BCUT2D eigenvalue weighted by Crippen LogP contribution is -2.43. The van der Waals surface area contributed by atoms with E-state index in [1.54, 1.807) is 0 Å². The van der Waals surface area contributed by atoms with Gasteiger partial charge in [0.15, 0.2) is 0 Å². The van der Waals surface area contributed by atoms with E-state index in [1.165, 1.54) is 11.1 Å². The topological polar surface area (TPSA) is 41.6 Å². The molecule has 0 aromatic heterocycles. The second-order valence-electron chi connectivity index (χ2n) is 5.59. The Kier molecular flexibility index (Phi) is 4.68. The molecule has 0 spiro atoms. The zero-order chi connectivity index (χ0) is 14.5. The molecule has 0 bridgehead atoms. The summed E-state index contributed by atoms with van der Waals surface area (Å²) in [6.07, 6.45) is 3.63. The molecule has 4 heteroatoms. The fourth-order valence-electron chi connectivity index (χ4n) is 2.88. The van der Waals surface area contributed by atoms with Gasteiger partial charge in [0.25, 0.3) is 0 Å². The van der Waals surface area contributed by atoms with Gasteiger partial charge in [0.05, 0.1) is 19.1 Å². The van der Waals surface area contributed by atoms with Crippen LogP contribution in [0.1, 0.15) is 18.4 Å². The third kappa shape index (κ3) is 3.71. The molecule has 21 heavy (non-hydrogen) atoms. The zero-order valence-electron chi connectivity index (χ0n) is 12.3. The molecular formula is C17H22N2O2. The number of morpholine rings is 1. The van der Waals surface area contributed by atoms with Gasteiger partial charge in [-0.2, -0.15) is 0 Å². The first-order valence-electron chi connectivity index (χ1n) is 7.67. The van der Waals surface area contributed by atoms with Gasteiger partial charge < -0.3 is 15.0 Å². The van der Waals surface area contributed by atoms with Crippen molar-refractivity contribution in [2.45, 2.75) is 18.9 Å². The number of benzene rings is 1. The highest BCUT2D eigenvalue weighted by Crippen LogP contribution is 2.22. The van der Waals surface area contributed by atoms with Crippen molar-refractivity contribution in [3.63, 3.8) is 0 Å². The van der Waals surface area contributed by atoms with Crippen LogP contribution in [0.15, 0.2) is 36.4 Å². The summed E-state index contributed by atoms with van der Waals surface area (Å²) in [6, 6.07) is 10.4. The van der Waals surface area contributed by atoms with Crippen LogP contribution in [-0.4, -0.2) is 49.7 Å². The van der Waals surface area contributed by atoms with Gasteiger partial charge in [-0.1, -0.05) is 36.4 Å². The van der Waals surface area contributed by atoms with Gasteiger partial charge in [0.1, 0.15) is 0 Å². The SMILES string of the molecule is O=C(C[C@@H]1CNCCO1)N1CC=C(c2ccccc2)CC1. The molecule has 2 heterocycles. The molecule has 0 aliphatic carbocycles. The van der Waals surface area contributed by atoms with E-state index in [9.17, 15) is 4.79 Å². The van der Waals surface area contributed by atoms with E-state index in [0.29, 0.717) is 19.6 Å². The number of nitrogens with one attached hydrogen (secondary N) is 1. The molecule has 1 N–H and O–H groups in total. The van der Waals surface area contributed by atoms with Gasteiger partial charge in [0, 0.05) is 26.2 Å². The van der Waals surface area contributed by atoms with Crippen molar-refractivity contribution in [1.82, 2.24) is 10.2 Å².